The van der Waals surface area contributed by atoms with E-state index < -0.39 is 0 Å². The van der Waals surface area contributed by atoms with Crippen molar-refractivity contribution in [2.24, 2.45) is 0 Å². The van der Waals surface area contributed by atoms with Gasteiger partial charge in [-0.3, -0.25) is 9.69 Å². The normalized spacial score (nSPS) is 15.3. The highest BCUT2D eigenvalue weighted by Crippen LogP contribution is 2.23. The van der Waals surface area contributed by atoms with Crippen molar-refractivity contribution in [1.29, 1.82) is 0 Å². The van der Waals surface area contributed by atoms with Gasteiger partial charge in [0, 0.05) is 26.1 Å². The average Bonchev–Trinajstić information content (AvgIpc) is 2.58. The van der Waals surface area contributed by atoms with Crippen molar-refractivity contribution in [3.05, 3.63) is 28.7 Å². The Morgan fingerprint density at radius 2 is 2.04 bits per heavy atom. The molecule has 5 nitrogen and oxygen atoms in total. The summed E-state index contributed by atoms with van der Waals surface area (Å²) in [6.07, 6.45) is 2.21. The smallest absolute Gasteiger partial charge is 0.220 e. The highest BCUT2D eigenvalue weighted by Gasteiger charge is 2.09. The molecule has 1 aliphatic heterocycles. The summed E-state index contributed by atoms with van der Waals surface area (Å²) in [5.74, 6) is 0.918. The maximum atomic E-state index is 11.8. The zero-order valence-corrected chi connectivity index (χ0v) is 15.0. The van der Waals surface area contributed by atoms with Gasteiger partial charge in [0.05, 0.1) is 24.3 Å². The SMILES string of the molecule is O=C(CCCOc1ccccc1Br)NCCCN1CCOCC1. The number of amides is 1. The van der Waals surface area contributed by atoms with Gasteiger partial charge in [-0.05, 0) is 47.4 Å². The van der Waals surface area contributed by atoms with Crippen molar-refractivity contribution in [2.45, 2.75) is 19.3 Å². The summed E-state index contributed by atoms with van der Waals surface area (Å²) in [5, 5.41) is 2.97. The molecule has 0 bridgehead atoms. The quantitative estimate of drug-likeness (QED) is 0.664. The van der Waals surface area contributed by atoms with Gasteiger partial charge in [0.2, 0.25) is 5.91 Å². The van der Waals surface area contributed by atoms with E-state index in [0.717, 1.165) is 62.5 Å². The van der Waals surface area contributed by atoms with Crippen molar-refractivity contribution < 1.29 is 14.3 Å². The lowest BCUT2D eigenvalue weighted by Crippen LogP contribution is -2.38. The third kappa shape index (κ3) is 7.33. The van der Waals surface area contributed by atoms with Crippen LogP contribution in [0.15, 0.2) is 28.7 Å². The fourth-order valence-electron chi connectivity index (χ4n) is 2.42. The second-order valence-electron chi connectivity index (χ2n) is 5.54. The number of benzene rings is 1. The number of carbonyl (C=O) groups excluding carboxylic acids is 1. The predicted octanol–water partition coefficient (Wildman–Crippen LogP) is 2.45. The number of rotatable bonds is 9. The molecule has 1 saturated heterocycles. The van der Waals surface area contributed by atoms with Crippen LogP contribution in [0.1, 0.15) is 19.3 Å². The summed E-state index contributed by atoms with van der Waals surface area (Å²) < 4.78 is 11.9. The number of ether oxygens (including phenoxy) is 2. The summed E-state index contributed by atoms with van der Waals surface area (Å²) in [6.45, 7) is 5.95. The molecule has 0 aromatic heterocycles. The topological polar surface area (TPSA) is 50.8 Å². The van der Waals surface area contributed by atoms with Gasteiger partial charge in [0.25, 0.3) is 0 Å². The summed E-state index contributed by atoms with van der Waals surface area (Å²) >= 11 is 3.44. The van der Waals surface area contributed by atoms with Crippen molar-refractivity contribution in [1.82, 2.24) is 10.2 Å². The Kier molecular flexibility index (Phi) is 8.42. The van der Waals surface area contributed by atoms with E-state index in [0.29, 0.717) is 13.0 Å². The number of nitrogens with one attached hydrogen (secondary N) is 1. The molecule has 23 heavy (non-hydrogen) atoms. The summed E-state index contributed by atoms with van der Waals surface area (Å²) in [7, 11) is 0. The van der Waals surface area contributed by atoms with Crippen LogP contribution in [-0.4, -0.2) is 56.8 Å². The van der Waals surface area contributed by atoms with Gasteiger partial charge in [0.15, 0.2) is 0 Å². The fraction of sp³-hybridized carbons (Fsp3) is 0.588. The lowest BCUT2D eigenvalue weighted by Gasteiger charge is -2.26. The highest BCUT2D eigenvalue weighted by atomic mass is 79.9. The molecule has 128 valence electrons. The van der Waals surface area contributed by atoms with Crippen LogP contribution in [0.25, 0.3) is 0 Å². The first-order chi connectivity index (χ1) is 11.3. The van der Waals surface area contributed by atoms with E-state index in [1.54, 1.807) is 0 Å². The molecule has 0 aliphatic carbocycles. The standard InChI is InChI=1S/C17H25BrN2O3/c18-15-5-1-2-6-16(15)23-12-3-7-17(21)19-8-4-9-20-10-13-22-14-11-20/h1-2,5-6H,3-4,7-14H2,(H,19,21). The molecule has 6 heteroatoms. The molecule has 1 heterocycles. The number of nitrogens with zero attached hydrogens (tertiary/aromatic N) is 1. The van der Waals surface area contributed by atoms with Crippen LogP contribution < -0.4 is 10.1 Å². The zero-order valence-electron chi connectivity index (χ0n) is 13.4. The second kappa shape index (κ2) is 10.6. The van der Waals surface area contributed by atoms with E-state index >= 15 is 0 Å². The van der Waals surface area contributed by atoms with Crippen LogP contribution in [0.3, 0.4) is 0 Å². The third-order valence-corrected chi connectivity index (χ3v) is 4.37. The number of halogens is 1. The summed E-state index contributed by atoms with van der Waals surface area (Å²) in [6, 6.07) is 7.73. The summed E-state index contributed by atoms with van der Waals surface area (Å²) in [4.78, 5) is 14.1. The van der Waals surface area contributed by atoms with E-state index in [2.05, 4.69) is 26.1 Å². The second-order valence-corrected chi connectivity index (χ2v) is 6.39. The summed E-state index contributed by atoms with van der Waals surface area (Å²) in [5.41, 5.74) is 0. The van der Waals surface area contributed by atoms with Crippen LogP contribution in [0.2, 0.25) is 0 Å². The molecule has 0 unspecified atom stereocenters. The molecule has 1 aromatic rings. The van der Waals surface area contributed by atoms with Crippen molar-refractivity contribution in [2.75, 3.05) is 46.0 Å². The van der Waals surface area contributed by atoms with Crippen LogP contribution in [0.4, 0.5) is 0 Å². The molecule has 2 rings (SSSR count). The van der Waals surface area contributed by atoms with Gasteiger partial charge in [-0.1, -0.05) is 12.1 Å². The molecule has 1 amide bonds. The van der Waals surface area contributed by atoms with Gasteiger partial charge < -0.3 is 14.8 Å². The van der Waals surface area contributed by atoms with E-state index in [9.17, 15) is 4.79 Å². The maximum Gasteiger partial charge on any atom is 0.220 e. The number of carbonyl (C=O) groups is 1. The minimum Gasteiger partial charge on any atom is -0.492 e. The molecular weight excluding hydrogens is 360 g/mol. The fourth-order valence-corrected chi connectivity index (χ4v) is 2.82. The van der Waals surface area contributed by atoms with Crippen LogP contribution in [0.5, 0.6) is 5.75 Å². The molecule has 1 aliphatic rings. The van der Waals surface area contributed by atoms with Gasteiger partial charge in [0.1, 0.15) is 5.75 Å². The largest absolute Gasteiger partial charge is 0.492 e. The molecular formula is C17H25BrN2O3. The van der Waals surface area contributed by atoms with Crippen LogP contribution >= 0.6 is 15.9 Å². The number of para-hydroxylation sites is 1. The van der Waals surface area contributed by atoms with E-state index in [-0.39, 0.29) is 5.91 Å². The first-order valence-electron chi connectivity index (χ1n) is 8.20. The monoisotopic (exact) mass is 384 g/mol. The van der Waals surface area contributed by atoms with E-state index in [1.165, 1.54) is 0 Å². The molecule has 1 fully saturated rings. The maximum absolute atomic E-state index is 11.8. The average molecular weight is 385 g/mol. The lowest BCUT2D eigenvalue weighted by atomic mass is 10.3. The Hall–Kier alpha value is -1.11. The Morgan fingerprint density at radius 3 is 2.83 bits per heavy atom. The number of hydrogen-bond acceptors (Lipinski definition) is 4. The molecule has 1 N–H and O–H groups in total. The number of hydrogen-bond donors (Lipinski definition) is 1. The van der Waals surface area contributed by atoms with E-state index in [4.69, 9.17) is 9.47 Å². The Bertz CT molecular complexity index is 479. The Balaban J connectivity index is 1.47. The first-order valence-corrected chi connectivity index (χ1v) is 8.99. The molecule has 0 radical (unpaired) electrons. The van der Waals surface area contributed by atoms with Gasteiger partial charge in [-0.25, -0.2) is 0 Å². The van der Waals surface area contributed by atoms with Crippen molar-refractivity contribution in [3.8, 4) is 5.75 Å². The van der Waals surface area contributed by atoms with Gasteiger partial charge >= 0.3 is 0 Å². The highest BCUT2D eigenvalue weighted by molar-refractivity contribution is 9.10. The van der Waals surface area contributed by atoms with Crippen LogP contribution in [-0.2, 0) is 9.53 Å². The number of morpholine rings is 1. The minimum atomic E-state index is 0.0997. The van der Waals surface area contributed by atoms with Crippen molar-refractivity contribution >= 4 is 21.8 Å². The molecule has 0 saturated carbocycles. The first kappa shape index (κ1) is 18.2. The lowest BCUT2D eigenvalue weighted by molar-refractivity contribution is -0.121. The molecule has 0 atom stereocenters. The van der Waals surface area contributed by atoms with Crippen LogP contribution in [0, 0.1) is 0 Å². The predicted molar refractivity (Wildman–Crippen MR) is 93.8 cm³/mol. The zero-order chi connectivity index (χ0) is 16.3. The third-order valence-electron chi connectivity index (χ3n) is 3.72. The molecule has 1 aromatic carbocycles. The molecule has 0 spiro atoms. The van der Waals surface area contributed by atoms with Gasteiger partial charge in [-0.15, -0.1) is 0 Å². The Morgan fingerprint density at radius 1 is 1.26 bits per heavy atom. The van der Waals surface area contributed by atoms with E-state index in [1.807, 2.05) is 24.3 Å². The Labute approximate surface area is 146 Å². The van der Waals surface area contributed by atoms with Crippen molar-refractivity contribution in [3.63, 3.8) is 0 Å². The minimum absolute atomic E-state index is 0.0997. The van der Waals surface area contributed by atoms with Gasteiger partial charge in [-0.2, -0.15) is 0 Å².